The predicted molar refractivity (Wildman–Crippen MR) is 89.6 cm³/mol. The van der Waals surface area contributed by atoms with Gasteiger partial charge in [-0.2, -0.15) is 0 Å². The highest BCUT2D eigenvalue weighted by molar-refractivity contribution is 9.10. The Kier molecular flexibility index (Phi) is 5.12. The smallest absolute Gasteiger partial charge is 0.164 e. The van der Waals surface area contributed by atoms with Crippen molar-refractivity contribution in [2.45, 2.75) is 51.0 Å². The molecule has 1 atom stereocenters. The first-order valence-electron chi connectivity index (χ1n) is 8.27. The molecule has 1 saturated carbocycles. The van der Waals surface area contributed by atoms with Crippen molar-refractivity contribution in [1.82, 2.24) is 4.90 Å². The van der Waals surface area contributed by atoms with Crippen molar-refractivity contribution in [2.24, 2.45) is 5.92 Å². The maximum Gasteiger partial charge on any atom is 0.164 e. The fourth-order valence-corrected chi connectivity index (χ4v) is 4.30. The first kappa shape index (κ1) is 15.2. The van der Waals surface area contributed by atoms with Crippen molar-refractivity contribution >= 4 is 21.7 Å². The Balaban J connectivity index is 1.54. The Morgan fingerprint density at radius 2 is 1.81 bits per heavy atom. The number of benzene rings is 1. The van der Waals surface area contributed by atoms with E-state index in [0.717, 1.165) is 28.5 Å². The van der Waals surface area contributed by atoms with Gasteiger partial charge in [0.2, 0.25) is 0 Å². The Morgan fingerprint density at radius 1 is 1.10 bits per heavy atom. The van der Waals surface area contributed by atoms with Gasteiger partial charge in [0.05, 0.1) is 0 Å². The fourth-order valence-electron chi connectivity index (χ4n) is 4.03. The molecule has 1 unspecified atom stereocenters. The number of carbonyl (C=O) groups is 1. The van der Waals surface area contributed by atoms with E-state index < -0.39 is 0 Å². The number of carbonyl (C=O) groups excluding carboxylic acids is 1. The number of ketones is 1. The Labute approximate surface area is 136 Å². The molecule has 21 heavy (non-hydrogen) atoms. The van der Waals surface area contributed by atoms with E-state index in [0.29, 0.717) is 6.42 Å². The Morgan fingerprint density at radius 3 is 2.52 bits per heavy atom. The molecule has 1 aromatic rings. The summed E-state index contributed by atoms with van der Waals surface area (Å²) >= 11 is 3.41. The summed E-state index contributed by atoms with van der Waals surface area (Å²) in [6.45, 7) is 2.13. The molecule has 1 aliphatic carbocycles. The lowest BCUT2D eigenvalue weighted by Gasteiger charge is -2.29. The second-order valence-electron chi connectivity index (χ2n) is 6.47. The summed E-state index contributed by atoms with van der Waals surface area (Å²) in [6, 6.07) is 8.50. The quantitative estimate of drug-likeness (QED) is 0.719. The lowest BCUT2D eigenvalue weighted by Crippen LogP contribution is -2.36. The van der Waals surface area contributed by atoms with E-state index in [1.165, 1.54) is 45.1 Å². The zero-order chi connectivity index (χ0) is 14.7. The number of likely N-dealkylation sites (tertiary alicyclic amines) is 1. The molecule has 114 valence electrons. The van der Waals surface area contributed by atoms with E-state index in [9.17, 15) is 4.79 Å². The third-order valence-electron chi connectivity index (χ3n) is 5.15. The molecular formula is C18H24BrNO. The molecule has 2 nitrogen and oxygen atoms in total. The summed E-state index contributed by atoms with van der Waals surface area (Å²) in [6.07, 6.45) is 8.94. The minimum Gasteiger partial charge on any atom is -0.300 e. The summed E-state index contributed by atoms with van der Waals surface area (Å²) in [5.74, 6) is 1.18. The van der Waals surface area contributed by atoms with E-state index in [1.807, 2.05) is 24.3 Å². The average molecular weight is 350 g/mol. The largest absolute Gasteiger partial charge is 0.300 e. The van der Waals surface area contributed by atoms with Gasteiger partial charge >= 0.3 is 0 Å². The van der Waals surface area contributed by atoms with Crippen LogP contribution in [-0.2, 0) is 0 Å². The molecule has 0 aromatic heterocycles. The molecule has 0 N–H and O–H groups in total. The van der Waals surface area contributed by atoms with Crippen LogP contribution in [0.5, 0.6) is 0 Å². The van der Waals surface area contributed by atoms with Gasteiger partial charge in [0.1, 0.15) is 0 Å². The zero-order valence-corrected chi connectivity index (χ0v) is 14.1. The molecule has 0 bridgehead atoms. The zero-order valence-electron chi connectivity index (χ0n) is 12.6. The Bertz CT molecular complexity index is 478. The molecule has 1 saturated heterocycles. The van der Waals surface area contributed by atoms with Crippen LogP contribution in [-0.4, -0.2) is 29.8 Å². The van der Waals surface area contributed by atoms with Crippen LogP contribution in [0, 0.1) is 5.92 Å². The van der Waals surface area contributed by atoms with Crippen molar-refractivity contribution in [2.75, 3.05) is 13.1 Å². The van der Waals surface area contributed by atoms with Gasteiger partial charge in [-0.1, -0.05) is 40.9 Å². The lowest BCUT2D eigenvalue weighted by atomic mass is 9.96. The van der Waals surface area contributed by atoms with Crippen molar-refractivity contribution in [3.05, 3.63) is 34.3 Å². The van der Waals surface area contributed by atoms with Gasteiger partial charge in [0.15, 0.2) is 5.78 Å². The SMILES string of the molecule is O=C(CCN1CCCC1C1CCCC1)c1ccc(Br)cc1. The molecule has 0 amide bonds. The van der Waals surface area contributed by atoms with E-state index in [4.69, 9.17) is 0 Å². The van der Waals surface area contributed by atoms with Crippen LogP contribution in [0.15, 0.2) is 28.7 Å². The highest BCUT2D eigenvalue weighted by Crippen LogP contribution is 2.35. The number of Topliss-reactive ketones (excluding diaryl/α,β-unsaturated/α-hetero) is 1. The predicted octanol–water partition coefficient (Wildman–Crippen LogP) is 4.68. The van der Waals surface area contributed by atoms with Gasteiger partial charge in [0, 0.05) is 29.0 Å². The molecule has 1 heterocycles. The number of hydrogen-bond acceptors (Lipinski definition) is 2. The molecular weight excluding hydrogens is 326 g/mol. The molecule has 1 aliphatic heterocycles. The van der Waals surface area contributed by atoms with Crippen molar-refractivity contribution in [1.29, 1.82) is 0 Å². The second-order valence-corrected chi connectivity index (χ2v) is 7.39. The summed E-state index contributed by atoms with van der Waals surface area (Å²) in [4.78, 5) is 14.9. The molecule has 1 aromatic carbocycles. The van der Waals surface area contributed by atoms with Crippen LogP contribution < -0.4 is 0 Å². The van der Waals surface area contributed by atoms with Crippen molar-refractivity contribution < 1.29 is 4.79 Å². The maximum absolute atomic E-state index is 12.3. The summed E-state index contributed by atoms with van der Waals surface area (Å²) in [7, 11) is 0. The van der Waals surface area contributed by atoms with Gasteiger partial charge in [-0.15, -0.1) is 0 Å². The number of halogens is 1. The topological polar surface area (TPSA) is 20.3 Å². The van der Waals surface area contributed by atoms with Crippen LogP contribution in [0.2, 0.25) is 0 Å². The highest BCUT2D eigenvalue weighted by atomic mass is 79.9. The maximum atomic E-state index is 12.3. The normalized spacial score (nSPS) is 23.8. The second kappa shape index (κ2) is 7.06. The standard InChI is InChI=1S/C18H24BrNO/c19-16-9-7-15(8-10-16)18(21)11-13-20-12-3-6-17(20)14-4-1-2-5-14/h7-10,14,17H,1-6,11-13H2. The number of hydrogen-bond donors (Lipinski definition) is 0. The highest BCUT2D eigenvalue weighted by Gasteiger charge is 2.33. The number of rotatable bonds is 5. The monoisotopic (exact) mass is 349 g/mol. The van der Waals surface area contributed by atoms with Gasteiger partial charge in [-0.25, -0.2) is 0 Å². The summed E-state index contributed by atoms with van der Waals surface area (Å²) in [5.41, 5.74) is 0.842. The van der Waals surface area contributed by atoms with Crippen LogP contribution in [0.4, 0.5) is 0 Å². The van der Waals surface area contributed by atoms with Crippen LogP contribution in [0.1, 0.15) is 55.3 Å². The molecule has 3 rings (SSSR count). The fraction of sp³-hybridized carbons (Fsp3) is 0.611. The third kappa shape index (κ3) is 3.75. The van der Waals surface area contributed by atoms with E-state index in [1.54, 1.807) is 0 Å². The van der Waals surface area contributed by atoms with E-state index in [-0.39, 0.29) is 5.78 Å². The minimum atomic E-state index is 0.277. The first-order valence-corrected chi connectivity index (χ1v) is 9.06. The molecule has 0 radical (unpaired) electrons. The van der Waals surface area contributed by atoms with Crippen LogP contribution in [0.3, 0.4) is 0 Å². The van der Waals surface area contributed by atoms with E-state index in [2.05, 4.69) is 20.8 Å². The van der Waals surface area contributed by atoms with E-state index >= 15 is 0 Å². The third-order valence-corrected chi connectivity index (χ3v) is 5.68. The molecule has 2 fully saturated rings. The molecule has 2 aliphatic rings. The summed E-state index contributed by atoms with van der Waals surface area (Å²) < 4.78 is 1.03. The van der Waals surface area contributed by atoms with Crippen molar-refractivity contribution in [3.63, 3.8) is 0 Å². The van der Waals surface area contributed by atoms with Crippen LogP contribution in [0.25, 0.3) is 0 Å². The van der Waals surface area contributed by atoms with Gasteiger partial charge in [-0.3, -0.25) is 9.69 Å². The minimum absolute atomic E-state index is 0.277. The average Bonchev–Trinajstić information content (AvgIpc) is 3.16. The lowest BCUT2D eigenvalue weighted by molar-refractivity contribution is 0.0951. The Hall–Kier alpha value is -0.670. The number of nitrogens with zero attached hydrogens (tertiary/aromatic N) is 1. The van der Waals surface area contributed by atoms with Gasteiger partial charge in [0.25, 0.3) is 0 Å². The molecule has 0 spiro atoms. The molecule has 3 heteroatoms. The van der Waals surface area contributed by atoms with Gasteiger partial charge < -0.3 is 0 Å². The first-order chi connectivity index (χ1) is 10.2. The summed E-state index contributed by atoms with van der Waals surface area (Å²) in [5, 5.41) is 0. The van der Waals surface area contributed by atoms with Gasteiger partial charge in [-0.05, 0) is 50.3 Å². The van der Waals surface area contributed by atoms with Crippen LogP contribution >= 0.6 is 15.9 Å². The van der Waals surface area contributed by atoms with Crippen molar-refractivity contribution in [3.8, 4) is 0 Å².